The Hall–Kier alpha value is -8.79. The standard InChI is InChI=1S/C54H80N18O11/c1-7-27(6)42-50(80)69-38-21-31-30-13-12-28(41(26(4)5)43(71-46(76)33-14-15-39(73)63-33)51(81)68-36(18-25(2)3)49(79)70-42)19-35(30)65-44(31)72-23-29(62-24-72)20-37(47(77)67-34(52(82)83)11-9-17-60-54(57)58)64-40(74)22-61-45(75)32(66-48(38)78)10-8-16-59-53(55)56/h12-13,19,23-27,32-34,36-38,41-43,65H,7-11,14-18,20-22H2,1-6H3,(H,61,75)(H,63,73)(H,64,74)(H,66,78)(H,67,77)(H,68,81)(H,69,80)(H,70,79)(H,71,76)(H,82,83)(H4,55,56,59)(H4,57,58,60)/t27-,32+,33+,34+,36+,37-,38-,41-,42+,43+/m0/s1. The van der Waals surface area contributed by atoms with Gasteiger partial charge < -0.3 is 80.9 Å². The number of benzene rings is 1. The molecule has 10 atom stereocenters. The molecule has 9 amide bonds. The van der Waals surface area contributed by atoms with Gasteiger partial charge in [-0.05, 0) is 67.9 Å². The lowest BCUT2D eigenvalue weighted by Gasteiger charge is -2.33. The summed E-state index contributed by atoms with van der Waals surface area (Å²) >= 11 is 0. The van der Waals surface area contributed by atoms with Gasteiger partial charge in [0.1, 0.15) is 60.5 Å². The monoisotopic (exact) mass is 1160 g/mol. The number of carboxylic acids is 1. The number of rotatable bonds is 18. The molecule has 1 fully saturated rings. The summed E-state index contributed by atoms with van der Waals surface area (Å²) in [5, 5.41) is 35.2. The summed E-state index contributed by atoms with van der Waals surface area (Å²) in [5.74, 6) is -9.89. The first-order chi connectivity index (χ1) is 39.3. The van der Waals surface area contributed by atoms with Gasteiger partial charge >= 0.3 is 5.97 Å². The van der Waals surface area contributed by atoms with Gasteiger partial charge in [0, 0.05) is 60.9 Å². The minimum Gasteiger partial charge on any atom is -0.480 e. The highest BCUT2D eigenvalue weighted by atomic mass is 16.4. The second-order valence-corrected chi connectivity index (χ2v) is 22.2. The number of aromatic nitrogens is 3. The van der Waals surface area contributed by atoms with Gasteiger partial charge in [0.25, 0.3) is 0 Å². The van der Waals surface area contributed by atoms with Crippen molar-refractivity contribution in [2.45, 2.75) is 160 Å². The van der Waals surface area contributed by atoms with Crippen molar-refractivity contribution in [2.75, 3.05) is 19.6 Å². The third-order valence-corrected chi connectivity index (χ3v) is 15.0. The number of aliphatic carboxylic acids is 1. The Morgan fingerprint density at radius 2 is 1.47 bits per heavy atom. The van der Waals surface area contributed by atoms with E-state index in [1.807, 2.05) is 34.6 Å². The Morgan fingerprint density at radius 1 is 0.783 bits per heavy atom. The molecule has 1 aromatic carbocycles. The molecule has 2 aromatic heterocycles. The van der Waals surface area contributed by atoms with Gasteiger partial charge in [-0.2, -0.15) is 0 Å². The number of hydrogen-bond donors (Lipinski definition) is 15. The van der Waals surface area contributed by atoms with Crippen molar-refractivity contribution in [3.63, 3.8) is 0 Å². The zero-order valence-electron chi connectivity index (χ0n) is 47.6. The molecule has 19 N–H and O–H groups in total. The first-order valence-electron chi connectivity index (χ1n) is 28.0. The molecule has 29 heteroatoms. The summed E-state index contributed by atoms with van der Waals surface area (Å²) in [4.78, 5) is 156. The number of amides is 9. The fraction of sp³-hybridized carbons (Fsp3) is 0.574. The first kappa shape index (κ1) is 63.4. The molecule has 4 aliphatic heterocycles. The summed E-state index contributed by atoms with van der Waals surface area (Å²) < 4.78 is 1.57. The third-order valence-electron chi connectivity index (χ3n) is 15.0. The number of fused-ring (bicyclic) bond motifs is 13. The molecule has 1 saturated heterocycles. The van der Waals surface area contributed by atoms with Crippen LogP contribution in [0.25, 0.3) is 16.7 Å². The number of carbonyl (C=O) groups is 10. The minimum absolute atomic E-state index is 0.0382. The Balaban J connectivity index is 1.56. The lowest BCUT2D eigenvalue weighted by molar-refractivity contribution is -0.142. The van der Waals surface area contributed by atoms with E-state index in [0.29, 0.717) is 34.3 Å². The van der Waals surface area contributed by atoms with E-state index in [2.05, 4.69) is 67.8 Å². The average Bonchev–Trinajstić information content (AvgIpc) is 4.40. The Kier molecular flexibility index (Phi) is 22.0. The largest absolute Gasteiger partial charge is 0.480 e. The average molecular weight is 1160 g/mol. The summed E-state index contributed by atoms with van der Waals surface area (Å²) in [5.41, 5.74) is 23.7. The zero-order valence-corrected chi connectivity index (χ0v) is 47.6. The lowest BCUT2D eigenvalue weighted by atomic mass is 9.81. The number of H-pyrrole nitrogens is 1. The van der Waals surface area contributed by atoms with Crippen LogP contribution in [0.1, 0.15) is 116 Å². The molecule has 0 aliphatic carbocycles. The molecule has 0 saturated carbocycles. The Labute approximate surface area is 479 Å². The summed E-state index contributed by atoms with van der Waals surface area (Å²) in [6, 6.07) is -5.22. The van der Waals surface area contributed by atoms with Crippen LogP contribution in [-0.4, -0.2) is 159 Å². The van der Waals surface area contributed by atoms with Crippen LogP contribution < -0.4 is 70.8 Å². The van der Waals surface area contributed by atoms with Gasteiger partial charge in [0.2, 0.25) is 53.2 Å². The highest BCUT2D eigenvalue weighted by Gasteiger charge is 2.41. The molecule has 7 bridgehead atoms. The summed E-state index contributed by atoms with van der Waals surface area (Å²) in [7, 11) is 0. The number of carbonyl (C=O) groups excluding carboxylic acids is 9. The van der Waals surface area contributed by atoms with E-state index in [1.165, 1.54) is 6.33 Å². The van der Waals surface area contributed by atoms with Crippen molar-refractivity contribution in [3.8, 4) is 5.82 Å². The highest BCUT2D eigenvalue weighted by Crippen LogP contribution is 2.35. The van der Waals surface area contributed by atoms with Gasteiger partial charge in [-0.15, -0.1) is 0 Å². The molecule has 4 aliphatic rings. The molecule has 0 radical (unpaired) electrons. The van der Waals surface area contributed by atoms with Gasteiger partial charge in [-0.1, -0.05) is 60.1 Å². The molecule has 7 rings (SSSR count). The topological polar surface area (TPSA) is 462 Å². The number of nitrogens with two attached hydrogens (primary N) is 4. The third kappa shape index (κ3) is 17.1. The van der Waals surface area contributed by atoms with Crippen LogP contribution in [0.5, 0.6) is 0 Å². The molecular formula is C54H80N18O11. The maximum atomic E-state index is 15.1. The van der Waals surface area contributed by atoms with Gasteiger partial charge in [0.15, 0.2) is 11.9 Å². The van der Waals surface area contributed by atoms with E-state index < -0.39 is 120 Å². The van der Waals surface area contributed by atoms with Gasteiger partial charge in [0.05, 0.1) is 12.2 Å². The molecule has 3 aromatic rings. The van der Waals surface area contributed by atoms with Crippen molar-refractivity contribution in [1.82, 2.24) is 62.4 Å². The zero-order chi connectivity index (χ0) is 60.8. The van der Waals surface area contributed by atoms with E-state index >= 15 is 4.79 Å². The highest BCUT2D eigenvalue weighted by molar-refractivity contribution is 6.00. The van der Waals surface area contributed by atoms with Crippen LogP contribution in [0.3, 0.4) is 0 Å². The van der Waals surface area contributed by atoms with Crippen LogP contribution in [0, 0.1) is 17.8 Å². The summed E-state index contributed by atoms with van der Waals surface area (Å²) in [6.07, 6.45) is 3.33. The fourth-order valence-corrected chi connectivity index (χ4v) is 10.5. The Morgan fingerprint density at radius 3 is 2.11 bits per heavy atom. The number of aliphatic imine (C=N–C) groups is 2. The minimum atomic E-state index is -1.49. The molecule has 0 unspecified atom stereocenters. The van der Waals surface area contributed by atoms with E-state index in [4.69, 9.17) is 22.9 Å². The van der Waals surface area contributed by atoms with Gasteiger partial charge in [-0.25, -0.2) is 9.78 Å². The van der Waals surface area contributed by atoms with E-state index in [9.17, 15) is 48.3 Å². The number of aromatic amines is 1. The summed E-state index contributed by atoms with van der Waals surface area (Å²) in [6.45, 7) is 10.4. The maximum absolute atomic E-state index is 15.1. The van der Waals surface area contributed by atoms with Crippen LogP contribution in [0.4, 0.5) is 0 Å². The van der Waals surface area contributed by atoms with E-state index in [-0.39, 0.29) is 106 Å². The maximum Gasteiger partial charge on any atom is 0.326 e. The van der Waals surface area contributed by atoms with E-state index in [0.717, 1.165) is 0 Å². The normalized spacial score (nSPS) is 23.6. The van der Waals surface area contributed by atoms with Crippen LogP contribution >= 0.6 is 0 Å². The number of carboxylic acid groups (broad SMARTS) is 1. The number of nitrogens with one attached hydrogen (secondary N) is 10. The molecule has 452 valence electrons. The predicted molar refractivity (Wildman–Crippen MR) is 304 cm³/mol. The molecule has 29 nitrogen and oxygen atoms in total. The predicted octanol–water partition coefficient (Wildman–Crippen LogP) is -2.72. The van der Waals surface area contributed by atoms with Crippen LogP contribution in [-0.2, 0) is 60.8 Å². The molecule has 0 spiro atoms. The van der Waals surface area contributed by atoms with Gasteiger partial charge in [-0.3, -0.25) is 57.7 Å². The fourth-order valence-electron chi connectivity index (χ4n) is 10.5. The van der Waals surface area contributed by atoms with Crippen molar-refractivity contribution in [3.05, 3.63) is 47.5 Å². The van der Waals surface area contributed by atoms with E-state index in [1.54, 1.807) is 35.9 Å². The van der Waals surface area contributed by atoms with Crippen LogP contribution in [0.15, 0.2) is 40.7 Å². The molecule has 83 heavy (non-hydrogen) atoms. The smallest absolute Gasteiger partial charge is 0.326 e. The molecular weight excluding hydrogens is 1080 g/mol. The second kappa shape index (κ2) is 28.8. The lowest BCUT2D eigenvalue weighted by Crippen LogP contribution is -2.61. The van der Waals surface area contributed by atoms with Crippen LogP contribution in [0.2, 0.25) is 0 Å². The number of nitrogens with zero attached hydrogens (tertiary/aromatic N) is 4. The van der Waals surface area contributed by atoms with Crippen molar-refractivity contribution < 1.29 is 53.1 Å². The first-order valence-corrected chi connectivity index (χ1v) is 28.0. The van der Waals surface area contributed by atoms with Crippen molar-refractivity contribution >= 4 is 82.0 Å². The second-order valence-electron chi connectivity index (χ2n) is 22.2. The number of guanidine groups is 2. The SMILES string of the molecule is CC[C@H](C)[C@H]1NC(=O)[C@@H](CC(C)C)NC(=O)[C@H](NC(=O)[C@H]2CCC(=O)N2)[C@@H](C(C)C)c2ccc3c4c([nH]c3c2)-n2cnc(c2)C[C@@H](C(=O)N[C@H](CCCN=C(N)N)C(=O)O)NC(=O)CNC(=O)[C@@H](CCCN=C(N)N)NC(=O)[C@H](C4)NC1=O. The number of imidazole rings is 1. The van der Waals surface area contributed by atoms with Crippen molar-refractivity contribution in [1.29, 1.82) is 0 Å². The molecule has 6 heterocycles. The van der Waals surface area contributed by atoms with Crippen molar-refractivity contribution in [2.24, 2.45) is 50.7 Å². The number of hydrogen-bond acceptors (Lipinski definition) is 13. The quantitative estimate of drug-likeness (QED) is 0.0266. The Bertz CT molecular complexity index is 2960.